The largest absolute Gasteiger partial charge is 0.369 e. The van der Waals surface area contributed by atoms with Crippen molar-refractivity contribution >= 4 is 0 Å². The lowest BCUT2D eigenvalue weighted by Gasteiger charge is -1.96. The van der Waals surface area contributed by atoms with Crippen LogP contribution in [-0.2, 0) is 24.6 Å². The SMILES string of the molecule is C1COOOC2(C1)OO2. The predicted octanol–water partition coefficient (Wildman–Crippen LogP) is 0.276. The van der Waals surface area contributed by atoms with E-state index in [2.05, 4.69) is 24.6 Å². The van der Waals surface area contributed by atoms with E-state index in [0.717, 1.165) is 6.42 Å². The quantitative estimate of drug-likeness (QED) is 0.351. The third-order valence-corrected chi connectivity index (χ3v) is 1.19. The van der Waals surface area contributed by atoms with Crippen molar-refractivity contribution in [2.45, 2.75) is 18.8 Å². The van der Waals surface area contributed by atoms with E-state index >= 15 is 0 Å². The Kier molecular flexibility index (Phi) is 1.17. The normalized spacial score (nSPS) is 32.0. The summed E-state index contributed by atoms with van der Waals surface area (Å²) in [7, 11) is 0. The molecular weight excluding hydrogens is 128 g/mol. The molecule has 5 nitrogen and oxygen atoms in total. The fourth-order valence-electron chi connectivity index (χ4n) is 0.657. The van der Waals surface area contributed by atoms with Gasteiger partial charge in [0.05, 0.1) is 6.61 Å². The number of rotatable bonds is 0. The summed E-state index contributed by atoms with van der Waals surface area (Å²) in [6.07, 6.45) is 1.45. The van der Waals surface area contributed by atoms with Crippen molar-refractivity contribution in [3.63, 3.8) is 0 Å². The van der Waals surface area contributed by atoms with Gasteiger partial charge in [0.15, 0.2) is 0 Å². The molecule has 0 radical (unpaired) electrons. The Morgan fingerprint density at radius 2 is 2.00 bits per heavy atom. The summed E-state index contributed by atoms with van der Waals surface area (Å²) in [5.41, 5.74) is 0. The standard InChI is InChI=1S/C4H6O5/c1-2-4(6-7-4)8-9-5-3-1/h1-3H2. The Morgan fingerprint density at radius 3 is 2.78 bits per heavy atom. The van der Waals surface area contributed by atoms with E-state index in [0.29, 0.717) is 13.0 Å². The van der Waals surface area contributed by atoms with Crippen molar-refractivity contribution in [3.8, 4) is 0 Å². The first-order valence-electron chi connectivity index (χ1n) is 2.75. The van der Waals surface area contributed by atoms with Gasteiger partial charge in [-0.3, -0.25) is 0 Å². The molecular formula is C4H6O5. The summed E-state index contributed by atoms with van der Waals surface area (Å²) in [6.45, 7) is 0.508. The van der Waals surface area contributed by atoms with Crippen molar-refractivity contribution in [2.75, 3.05) is 6.61 Å². The fraction of sp³-hybridized carbons (Fsp3) is 1.00. The summed E-state index contributed by atoms with van der Waals surface area (Å²) in [5, 5.41) is 4.22. The summed E-state index contributed by atoms with van der Waals surface area (Å²) in [6, 6.07) is 0. The van der Waals surface area contributed by atoms with E-state index in [1.807, 2.05) is 0 Å². The summed E-state index contributed by atoms with van der Waals surface area (Å²) >= 11 is 0. The second-order valence-electron chi connectivity index (χ2n) is 1.93. The van der Waals surface area contributed by atoms with Crippen LogP contribution >= 0.6 is 0 Å². The lowest BCUT2D eigenvalue weighted by atomic mass is 10.3. The van der Waals surface area contributed by atoms with E-state index in [1.165, 1.54) is 0 Å². The van der Waals surface area contributed by atoms with E-state index in [4.69, 9.17) is 0 Å². The van der Waals surface area contributed by atoms with Crippen LogP contribution in [0, 0.1) is 0 Å². The first kappa shape index (κ1) is 5.57. The van der Waals surface area contributed by atoms with Gasteiger partial charge >= 0.3 is 5.97 Å². The smallest absolute Gasteiger partial charge is 0.206 e. The monoisotopic (exact) mass is 134 g/mol. The zero-order chi connectivity index (χ0) is 6.16. The number of hydrogen-bond acceptors (Lipinski definition) is 5. The van der Waals surface area contributed by atoms with Gasteiger partial charge in [-0.15, -0.1) is 4.89 Å². The summed E-state index contributed by atoms with van der Waals surface area (Å²) in [5.74, 6) is -0.934. The second-order valence-corrected chi connectivity index (χ2v) is 1.93. The molecule has 1 spiro atoms. The van der Waals surface area contributed by atoms with Gasteiger partial charge in [-0.2, -0.15) is 9.78 Å². The molecule has 0 N–H and O–H groups in total. The van der Waals surface area contributed by atoms with Gasteiger partial charge in [0.1, 0.15) is 0 Å². The predicted molar refractivity (Wildman–Crippen MR) is 22.3 cm³/mol. The number of hydrogen-bond donors (Lipinski definition) is 0. The maximum absolute atomic E-state index is 4.53. The highest BCUT2D eigenvalue weighted by Crippen LogP contribution is 2.37. The molecule has 0 amide bonds. The van der Waals surface area contributed by atoms with Crippen LogP contribution in [0.25, 0.3) is 0 Å². The van der Waals surface area contributed by atoms with Gasteiger partial charge in [-0.1, -0.05) is 5.04 Å². The molecule has 2 aliphatic heterocycles. The topological polar surface area (TPSA) is 52.8 Å². The first-order chi connectivity index (χ1) is 4.41. The third-order valence-electron chi connectivity index (χ3n) is 1.19. The van der Waals surface area contributed by atoms with Gasteiger partial charge < -0.3 is 0 Å². The van der Waals surface area contributed by atoms with Gasteiger partial charge in [-0.25, -0.2) is 4.89 Å². The lowest BCUT2D eigenvalue weighted by Crippen LogP contribution is -2.12. The molecule has 2 fully saturated rings. The van der Waals surface area contributed by atoms with Crippen molar-refractivity contribution < 1.29 is 24.6 Å². The summed E-state index contributed by atoms with van der Waals surface area (Å²) in [4.78, 5) is 18.0. The van der Waals surface area contributed by atoms with Crippen LogP contribution in [0.5, 0.6) is 0 Å². The van der Waals surface area contributed by atoms with E-state index < -0.39 is 5.97 Å². The van der Waals surface area contributed by atoms with E-state index in [-0.39, 0.29) is 0 Å². The molecule has 0 aromatic carbocycles. The Bertz CT molecular complexity index is 99.5. The second kappa shape index (κ2) is 1.89. The van der Waals surface area contributed by atoms with Gasteiger partial charge in [0.25, 0.3) is 0 Å². The molecule has 52 valence electrons. The van der Waals surface area contributed by atoms with Crippen LogP contribution in [0.3, 0.4) is 0 Å². The van der Waals surface area contributed by atoms with Gasteiger partial charge in [0, 0.05) is 6.42 Å². The van der Waals surface area contributed by atoms with Gasteiger partial charge in [-0.05, 0) is 6.42 Å². The minimum absolute atomic E-state index is 0.508. The molecule has 0 bridgehead atoms. The zero-order valence-corrected chi connectivity index (χ0v) is 4.66. The van der Waals surface area contributed by atoms with Crippen LogP contribution in [0.1, 0.15) is 12.8 Å². The molecule has 2 aliphatic rings. The maximum Gasteiger partial charge on any atom is 0.369 e. The molecule has 0 unspecified atom stereocenters. The third kappa shape index (κ3) is 1.05. The van der Waals surface area contributed by atoms with Crippen LogP contribution in [-0.4, -0.2) is 12.6 Å². The van der Waals surface area contributed by atoms with Crippen molar-refractivity contribution in [2.24, 2.45) is 0 Å². The van der Waals surface area contributed by atoms with E-state index in [9.17, 15) is 0 Å². The molecule has 0 aliphatic carbocycles. The maximum atomic E-state index is 4.53. The lowest BCUT2D eigenvalue weighted by molar-refractivity contribution is -0.537. The van der Waals surface area contributed by atoms with Crippen molar-refractivity contribution in [1.29, 1.82) is 0 Å². The zero-order valence-electron chi connectivity index (χ0n) is 4.66. The molecule has 9 heavy (non-hydrogen) atoms. The van der Waals surface area contributed by atoms with Crippen molar-refractivity contribution in [3.05, 3.63) is 0 Å². The van der Waals surface area contributed by atoms with Crippen LogP contribution < -0.4 is 0 Å². The average Bonchev–Trinajstić information content (AvgIpc) is 2.64. The Morgan fingerprint density at radius 1 is 1.11 bits per heavy atom. The minimum atomic E-state index is -0.934. The summed E-state index contributed by atoms with van der Waals surface area (Å²) < 4.78 is 0. The molecule has 2 saturated heterocycles. The molecule has 5 heteroatoms. The van der Waals surface area contributed by atoms with Crippen LogP contribution in [0.2, 0.25) is 0 Å². The minimum Gasteiger partial charge on any atom is -0.206 e. The van der Waals surface area contributed by atoms with Crippen LogP contribution in [0.15, 0.2) is 0 Å². The van der Waals surface area contributed by atoms with Crippen LogP contribution in [0.4, 0.5) is 0 Å². The molecule has 0 saturated carbocycles. The van der Waals surface area contributed by atoms with E-state index in [1.54, 1.807) is 0 Å². The highest BCUT2D eigenvalue weighted by molar-refractivity contribution is 4.59. The highest BCUT2D eigenvalue weighted by Gasteiger charge is 2.53. The molecule has 2 heterocycles. The molecule has 0 aromatic heterocycles. The average molecular weight is 134 g/mol. The highest BCUT2D eigenvalue weighted by atomic mass is 17.6. The molecule has 0 aromatic rings. The Labute approximate surface area is 51.2 Å². The van der Waals surface area contributed by atoms with Gasteiger partial charge in [0.2, 0.25) is 0 Å². The molecule has 2 rings (SSSR count). The molecule has 0 atom stereocenters. The van der Waals surface area contributed by atoms with Crippen molar-refractivity contribution in [1.82, 2.24) is 0 Å². The Hall–Kier alpha value is -0.200. The fourth-order valence-corrected chi connectivity index (χ4v) is 0.657. The Balaban J connectivity index is 1.92. The first-order valence-corrected chi connectivity index (χ1v) is 2.75.